The van der Waals surface area contributed by atoms with E-state index in [9.17, 15) is 0 Å². The summed E-state index contributed by atoms with van der Waals surface area (Å²) in [6.07, 6.45) is 0. The second kappa shape index (κ2) is 18.7. The van der Waals surface area contributed by atoms with Gasteiger partial charge in [-0.1, -0.05) is 166 Å². The maximum Gasteiger partial charge on any atom is 0.252 e. The molecule has 10 aromatic rings. The Morgan fingerprint density at radius 3 is 1.43 bits per heavy atom. The minimum atomic E-state index is -0.170. The highest BCUT2D eigenvalue weighted by atomic mass is 16.6. The molecule has 0 saturated carbocycles. The average Bonchev–Trinajstić information content (AvgIpc) is 1.11. The molecule has 0 atom stereocenters. The molecule has 7 nitrogen and oxygen atoms in total. The van der Waals surface area contributed by atoms with Gasteiger partial charge in [-0.05, 0) is 179 Å². The highest BCUT2D eigenvalue weighted by Crippen LogP contribution is 2.55. The molecule has 0 bridgehead atoms. The van der Waals surface area contributed by atoms with Gasteiger partial charge in [-0.25, -0.2) is 0 Å². The van der Waals surface area contributed by atoms with Gasteiger partial charge in [0, 0.05) is 68.5 Å². The van der Waals surface area contributed by atoms with Crippen LogP contribution >= 0.6 is 0 Å². The van der Waals surface area contributed by atoms with Gasteiger partial charge in [0.1, 0.15) is 26.4 Å². The number of ether oxygens (including phenoxy) is 4. The number of hydrogen-bond acceptors (Lipinski definition) is 7. The van der Waals surface area contributed by atoms with Gasteiger partial charge in [0.2, 0.25) is 0 Å². The third-order valence-corrected chi connectivity index (χ3v) is 19.5. The number of fused-ring (bicyclic) bond motifs is 12. The molecule has 0 N–H and O–H groups in total. The standard InChI is InChI=1S/C78H70BN3O4/c1-75(2,3)49-21-26-52(27-22-49)81-66-33-23-50(76(4,5)6)41-64(66)79-65-45-72-73(86-38-37-85-72)46-67(65)82(55-30-34-70-71(44-55)84-36-35-83-70)69-40-48(39-68(81)74(69)79)47-19-24-51(25-20-47)80(53-28-31-58-56-15-11-13-17-60(56)77(7,8)62(58)42-53)54-29-32-59-57-16-12-14-18-61(57)78(9,10)63(59)43-54/h11-34,39-46H,35-38H2,1-10H3. The Morgan fingerprint density at radius 2 is 0.849 bits per heavy atom. The normalized spacial score (nSPS) is 15.9. The highest BCUT2D eigenvalue weighted by molar-refractivity contribution is 7.00. The Balaban J connectivity index is 0.916. The topological polar surface area (TPSA) is 46.6 Å². The van der Waals surface area contributed by atoms with E-state index in [0.29, 0.717) is 26.4 Å². The fourth-order valence-electron chi connectivity index (χ4n) is 14.9. The third kappa shape index (κ3) is 7.94. The molecule has 424 valence electrons. The summed E-state index contributed by atoms with van der Waals surface area (Å²) in [5.41, 5.74) is 28.4. The molecule has 10 aromatic carbocycles. The summed E-state index contributed by atoms with van der Waals surface area (Å²) in [5, 5.41) is 0. The minimum Gasteiger partial charge on any atom is -0.486 e. The van der Waals surface area contributed by atoms with Gasteiger partial charge < -0.3 is 33.6 Å². The van der Waals surface area contributed by atoms with Crippen LogP contribution in [0.15, 0.2) is 194 Å². The first-order chi connectivity index (χ1) is 41.4. The van der Waals surface area contributed by atoms with Crippen molar-refractivity contribution in [2.24, 2.45) is 0 Å². The van der Waals surface area contributed by atoms with Crippen LogP contribution in [0.1, 0.15) is 103 Å². The largest absolute Gasteiger partial charge is 0.486 e. The van der Waals surface area contributed by atoms with Crippen LogP contribution in [0.4, 0.5) is 51.2 Å². The first kappa shape index (κ1) is 52.4. The molecule has 0 saturated heterocycles. The Hall–Kier alpha value is -9.14. The summed E-state index contributed by atoms with van der Waals surface area (Å²) in [7, 11) is 0. The van der Waals surface area contributed by atoms with Crippen LogP contribution in [0.25, 0.3) is 33.4 Å². The van der Waals surface area contributed by atoms with Crippen molar-refractivity contribution in [3.8, 4) is 56.4 Å². The predicted octanol–water partition coefficient (Wildman–Crippen LogP) is 17.7. The summed E-state index contributed by atoms with van der Waals surface area (Å²) >= 11 is 0. The van der Waals surface area contributed by atoms with E-state index in [1.165, 1.54) is 66.6 Å². The quantitative estimate of drug-likeness (QED) is 0.154. The van der Waals surface area contributed by atoms with Crippen LogP contribution in [-0.2, 0) is 21.7 Å². The van der Waals surface area contributed by atoms with E-state index in [4.69, 9.17) is 18.9 Å². The Morgan fingerprint density at radius 1 is 0.372 bits per heavy atom. The van der Waals surface area contributed by atoms with Gasteiger partial charge in [0.25, 0.3) is 6.71 Å². The molecule has 0 fully saturated rings. The lowest BCUT2D eigenvalue weighted by Gasteiger charge is -2.45. The van der Waals surface area contributed by atoms with Crippen molar-refractivity contribution in [3.63, 3.8) is 0 Å². The molecule has 0 amide bonds. The van der Waals surface area contributed by atoms with Gasteiger partial charge in [-0.15, -0.1) is 0 Å². The first-order valence-electron chi connectivity index (χ1n) is 30.7. The SMILES string of the molecule is CC(C)(C)c1ccc(N2c3ccc(C(C)(C)C)cc3B3c4cc5c(cc4N(c4ccc6c(c4)OCCO6)c4cc(-c6ccc(N(c7ccc8c(c7)C(C)(C)c7ccccc7-8)c7ccc8c(c7)C(C)(C)c7ccccc7-8)cc6)cc2c43)OCCO5)cc1. The van der Waals surface area contributed by atoms with Crippen molar-refractivity contribution in [2.75, 3.05) is 41.1 Å². The van der Waals surface area contributed by atoms with Crippen LogP contribution in [0.3, 0.4) is 0 Å². The average molecular weight is 1120 g/mol. The lowest BCUT2D eigenvalue weighted by molar-refractivity contribution is 0.171. The van der Waals surface area contributed by atoms with E-state index in [-0.39, 0.29) is 28.4 Å². The van der Waals surface area contributed by atoms with Crippen LogP contribution in [0, 0.1) is 0 Å². The summed E-state index contributed by atoms with van der Waals surface area (Å²) in [6.45, 7) is 25.1. The second-order valence-corrected chi connectivity index (χ2v) is 27.4. The van der Waals surface area contributed by atoms with Gasteiger partial charge in [0.15, 0.2) is 23.0 Å². The van der Waals surface area contributed by atoms with E-state index in [1.54, 1.807) is 0 Å². The van der Waals surface area contributed by atoms with E-state index in [0.717, 1.165) is 90.8 Å². The molecule has 2 aliphatic carbocycles. The van der Waals surface area contributed by atoms with Gasteiger partial charge in [-0.3, -0.25) is 0 Å². The molecule has 0 unspecified atom stereocenters. The fourth-order valence-corrected chi connectivity index (χ4v) is 14.9. The molecule has 6 aliphatic rings. The highest BCUT2D eigenvalue weighted by Gasteiger charge is 2.46. The van der Waals surface area contributed by atoms with Gasteiger partial charge >= 0.3 is 0 Å². The Bertz CT molecular complexity index is 4360. The molecule has 86 heavy (non-hydrogen) atoms. The predicted molar refractivity (Wildman–Crippen MR) is 355 cm³/mol. The summed E-state index contributed by atoms with van der Waals surface area (Å²) in [4.78, 5) is 7.43. The van der Waals surface area contributed by atoms with Crippen LogP contribution in [0.5, 0.6) is 23.0 Å². The monoisotopic (exact) mass is 1120 g/mol. The molecular formula is C78H70BN3O4. The van der Waals surface area contributed by atoms with Crippen molar-refractivity contribution in [3.05, 3.63) is 228 Å². The van der Waals surface area contributed by atoms with Crippen molar-refractivity contribution in [1.82, 2.24) is 0 Å². The number of anilines is 9. The zero-order chi connectivity index (χ0) is 58.8. The Kier molecular flexibility index (Phi) is 11.4. The maximum atomic E-state index is 6.48. The number of benzene rings is 10. The fraction of sp³-hybridized carbons (Fsp3) is 0.231. The van der Waals surface area contributed by atoms with Crippen molar-refractivity contribution >= 4 is 74.3 Å². The van der Waals surface area contributed by atoms with Crippen LogP contribution in [-0.4, -0.2) is 33.1 Å². The van der Waals surface area contributed by atoms with Gasteiger partial charge in [0.05, 0.1) is 5.69 Å². The van der Waals surface area contributed by atoms with E-state index >= 15 is 0 Å². The first-order valence-corrected chi connectivity index (χ1v) is 30.7. The summed E-state index contributed by atoms with van der Waals surface area (Å²) in [6, 6.07) is 73.6. The number of hydrogen-bond donors (Lipinski definition) is 0. The molecule has 16 rings (SSSR count). The zero-order valence-corrected chi connectivity index (χ0v) is 50.9. The Labute approximate surface area is 506 Å². The molecule has 8 heteroatoms. The smallest absolute Gasteiger partial charge is 0.252 e. The lowest BCUT2D eigenvalue weighted by atomic mass is 9.33. The third-order valence-electron chi connectivity index (χ3n) is 19.5. The van der Waals surface area contributed by atoms with Crippen molar-refractivity contribution < 1.29 is 18.9 Å². The second-order valence-electron chi connectivity index (χ2n) is 27.4. The van der Waals surface area contributed by atoms with Crippen LogP contribution in [0.2, 0.25) is 0 Å². The van der Waals surface area contributed by atoms with Crippen molar-refractivity contribution in [1.29, 1.82) is 0 Å². The molecule has 4 heterocycles. The molecule has 0 radical (unpaired) electrons. The lowest BCUT2D eigenvalue weighted by Crippen LogP contribution is -2.61. The van der Waals surface area contributed by atoms with E-state index in [1.807, 2.05) is 0 Å². The minimum absolute atomic E-state index is 0.0173. The summed E-state index contributed by atoms with van der Waals surface area (Å²) < 4.78 is 25.5. The number of rotatable bonds is 6. The van der Waals surface area contributed by atoms with E-state index < -0.39 is 0 Å². The van der Waals surface area contributed by atoms with Crippen LogP contribution < -0.4 is 50.0 Å². The number of nitrogens with zero attached hydrogens (tertiary/aromatic N) is 3. The maximum absolute atomic E-state index is 6.48. The molecular weight excluding hydrogens is 1050 g/mol. The molecule has 0 spiro atoms. The van der Waals surface area contributed by atoms with Gasteiger partial charge in [-0.2, -0.15) is 0 Å². The summed E-state index contributed by atoms with van der Waals surface area (Å²) in [5.74, 6) is 2.99. The molecule has 4 aliphatic heterocycles. The molecule has 0 aromatic heterocycles. The zero-order valence-electron chi connectivity index (χ0n) is 50.9. The van der Waals surface area contributed by atoms with E-state index in [2.05, 4.69) is 278 Å². The van der Waals surface area contributed by atoms with Crippen molar-refractivity contribution in [2.45, 2.75) is 90.9 Å².